The van der Waals surface area contributed by atoms with Crippen LogP contribution in [0.3, 0.4) is 0 Å². The highest BCUT2D eigenvalue weighted by Crippen LogP contribution is 2.26. The molecule has 2 amide bonds. The van der Waals surface area contributed by atoms with Crippen LogP contribution in [0.5, 0.6) is 0 Å². The molecule has 0 atom stereocenters. The third-order valence-corrected chi connectivity index (χ3v) is 13.2. The highest BCUT2D eigenvalue weighted by Gasteiger charge is 2.19. The Bertz CT molecular complexity index is 2340. The molecule has 10 nitrogen and oxygen atoms in total. The van der Waals surface area contributed by atoms with E-state index in [1.807, 2.05) is 92.0 Å². The number of amides is 2. The molecule has 4 aromatic heterocycles. The summed E-state index contributed by atoms with van der Waals surface area (Å²) in [6, 6.07) is 13.0. The number of halogens is 5. The van der Waals surface area contributed by atoms with Crippen LogP contribution in [0.2, 0.25) is 0 Å². The topological polar surface area (TPSA) is 109 Å². The lowest BCUT2D eigenvalue weighted by molar-refractivity contribution is 0.101. The van der Waals surface area contributed by atoms with Crippen molar-refractivity contribution in [2.45, 2.75) is 65.5 Å². The number of hydrogen-bond acceptors (Lipinski definition) is 8. The average molecular weight is 1130 g/mol. The number of aromatic nitrogens is 4. The molecule has 0 unspecified atom stereocenters. The number of nitrogens with zero attached hydrogens (tertiary/aromatic N) is 5. The quantitative estimate of drug-likeness (QED) is 0.124. The molecule has 0 spiro atoms. The Balaban J connectivity index is 0.000000176. The van der Waals surface area contributed by atoms with Gasteiger partial charge in [-0.25, -0.2) is 18.7 Å². The van der Waals surface area contributed by atoms with Gasteiger partial charge in [0.2, 0.25) is 0 Å². The van der Waals surface area contributed by atoms with Crippen LogP contribution in [0.4, 0.5) is 25.3 Å². The van der Waals surface area contributed by atoms with E-state index in [0.29, 0.717) is 24.5 Å². The molecule has 59 heavy (non-hydrogen) atoms. The van der Waals surface area contributed by atoms with E-state index < -0.39 is 11.6 Å². The number of nitrogens with one attached hydrogen (secondary N) is 3. The van der Waals surface area contributed by atoms with Crippen LogP contribution < -0.4 is 20.9 Å². The second kappa shape index (κ2) is 22.0. The van der Waals surface area contributed by atoms with Crippen molar-refractivity contribution >= 4 is 112 Å². The number of hydrogen-bond donors (Lipinski definition) is 3. The summed E-state index contributed by atoms with van der Waals surface area (Å²) < 4.78 is 34.1. The second-order valence-electron chi connectivity index (χ2n) is 14.3. The molecule has 0 radical (unpaired) electrons. The molecule has 312 valence electrons. The molecular formula is C42H45BrF2I2N8O2S2. The Kier molecular flexibility index (Phi) is 16.9. The first kappa shape index (κ1) is 45.3. The molecule has 6 aromatic rings. The number of rotatable bonds is 9. The van der Waals surface area contributed by atoms with Crippen LogP contribution in [0.1, 0.15) is 82.0 Å². The van der Waals surface area contributed by atoms with Crippen LogP contribution in [0.15, 0.2) is 75.6 Å². The lowest BCUT2D eigenvalue weighted by Gasteiger charge is -2.25. The minimum atomic E-state index is -0.450. The summed E-state index contributed by atoms with van der Waals surface area (Å²) in [5.41, 5.74) is 5.03. The Morgan fingerprint density at radius 3 is 1.66 bits per heavy atom. The minimum Gasteiger partial charge on any atom is -0.348 e. The molecule has 0 aliphatic carbocycles. The Hall–Kier alpha value is -3.24. The highest BCUT2D eigenvalue weighted by atomic mass is 127. The van der Waals surface area contributed by atoms with Crippen LogP contribution in [0, 0.1) is 32.6 Å². The Morgan fingerprint density at radius 2 is 1.22 bits per heavy atom. The first-order valence-electron chi connectivity index (χ1n) is 19.3. The number of carbonyl (C=O) groups is 2. The number of carbonyl (C=O) groups excluding carboxylic acids is 2. The third kappa shape index (κ3) is 13.4. The molecule has 0 saturated carbocycles. The second-order valence-corrected chi connectivity index (χ2v) is 19.8. The van der Waals surface area contributed by atoms with Crippen molar-refractivity contribution in [2.75, 3.05) is 41.7 Å². The summed E-state index contributed by atoms with van der Waals surface area (Å²) in [4.78, 5) is 36.8. The predicted octanol–water partition coefficient (Wildman–Crippen LogP) is 11.1. The van der Waals surface area contributed by atoms with Gasteiger partial charge in [-0.1, -0.05) is 6.42 Å². The van der Waals surface area contributed by atoms with Gasteiger partial charge in [0.25, 0.3) is 11.8 Å². The monoisotopic (exact) mass is 1130 g/mol. The smallest absolute Gasteiger partial charge is 0.272 e. The van der Waals surface area contributed by atoms with Crippen molar-refractivity contribution in [1.82, 2.24) is 24.4 Å². The standard InChI is InChI=1S/C21H22FIN4OS.C16H12BrFIN3OS.C5H11N/c1-14-9-19(20(28)25-18-6-5-15(23)10-17(18)22)27(11-14)12-16-13-29-21(24-16)26-7-3-2-4-8-26;1-9-4-14(22(6-9)7-11-8-24-16(17)20-11)15(23)21-13-3-2-10(19)5-12(13)18;1-2-4-6-5-3-1/h5-6,9-11,13H,2-4,7-8,12H2,1H3,(H,25,28);2-6,8H,7H2,1H3,(H,21,23);6H,1-5H2. The van der Waals surface area contributed by atoms with Crippen molar-refractivity contribution in [3.05, 3.63) is 128 Å². The summed E-state index contributed by atoms with van der Waals surface area (Å²) in [6.07, 6.45) is 11.7. The fourth-order valence-corrected chi connectivity index (χ4v) is 9.43. The molecule has 8 rings (SSSR count). The first-order valence-corrected chi connectivity index (χ1v) is 24.0. The van der Waals surface area contributed by atoms with Gasteiger partial charge < -0.3 is 30.0 Å². The molecule has 17 heteroatoms. The van der Waals surface area contributed by atoms with Gasteiger partial charge in [0, 0.05) is 43.4 Å². The molecule has 6 heterocycles. The predicted molar refractivity (Wildman–Crippen MR) is 255 cm³/mol. The fraction of sp³-hybridized carbons (Fsp3) is 0.333. The molecule has 0 bridgehead atoms. The Labute approximate surface area is 387 Å². The lowest BCUT2D eigenvalue weighted by atomic mass is 10.1. The van der Waals surface area contributed by atoms with E-state index in [0.717, 1.165) is 51.8 Å². The zero-order valence-corrected chi connectivity index (χ0v) is 40.2. The molecule has 2 saturated heterocycles. The van der Waals surface area contributed by atoms with Crippen molar-refractivity contribution < 1.29 is 18.4 Å². The van der Waals surface area contributed by atoms with Crippen LogP contribution in [0.25, 0.3) is 0 Å². The van der Waals surface area contributed by atoms with Crippen molar-refractivity contribution in [3.8, 4) is 0 Å². The van der Waals surface area contributed by atoms with Crippen molar-refractivity contribution in [1.29, 1.82) is 0 Å². The summed E-state index contributed by atoms with van der Waals surface area (Å²) in [7, 11) is 0. The van der Waals surface area contributed by atoms with Crippen LogP contribution in [-0.4, -0.2) is 57.1 Å². The van der Waals surface area contributed by atoms with E-state index in [4.69, 9.17) is 4.98 Å². The van der Waals surface area contributed by atoms with Gasteiger partial charge in [0.15, 0.2) is 9.05 Å². The molecule has 2 fully saturated rings. The SMILES string of the molecule is C1CCNCC1.Cc1cc(C(=O)Nc2ccc(I)cc2F)n(Cc2csc(Br)n2)c1.Cc1cc(C(=O)Nc2ccc(I)cc2F)n(Cc2csc(N3CCCCC3)n2)c1. The number of anilines is 3. The molecule has 2 aromatic carbocycles. The van der Waals surface area contributed by atoms with Gasteiger partial charge in [-0.15, -0.1) is 22.7 Å². The minimum absolute atomic E-state index is 0.169. The summed E-state index contributed by atoms with van der Waals surface area (Å²) in [5, 5.41) is 13.6. The lowest BCUT2D eigenvalue weighted by Crippen LogP contribution is -2.29. The number of piperidine rings is 2. The van der Waals surface area contributed by atoms with E-state index >= 15 is 0 Å². The zero-order valence-electron chi connectivity index (χ0n) is 32.7. The molecular weight excluding hydrogens is 1080 g/mol. The highest BCUT2D eigenvalue weighted by molar-refractivity contribution is 14.1. The van der Waals surface area contributed by atoms with Crippen LogP contribution in [-0.2, 0) is 13.1 Å². The maximum atomic E-state index is 14.1. The van der Waals surface area contributed by atoms with E-state index in [1.165, 1.54) is 75.1 Å². The van der Waals surface area contributed by atoms with Gasteiger partial charge >= 0.3 is 0 Å². The van der Waals surface area contributed by atoms with Gasteiger partial charge in [-0.3, -0.25) is 9.59 Å². The third-order valence-electron chi connectivity index (χ3n) is 9.45. The van der Waals surface area contributed by atoms with E-state index in [9.17, 15) is 18.4 Å². The average Bonchev–Trinajstić information content (AvgIpc) is 4.03. The molecule has 3 N–H and O–H groups in total. The largest absolute Gasteiger partial charge is 0.348 e. The zero-order chi connectivity index (χ0) is 41.9. The maximum Gasteiger partial charge on any atom is 0.272 e. The number of thiazole rings is 2. The number of aryl methyl sites for hydroxylation is 2. The van der Waals surface area contributed by atoms with E-state index in [-0.39, 0.29) is 23.2 Å². The van der Waals surface area contributed by atoms with Gasteiger partial charge in [-0.2, -0.15) is 0 Å². The summed E-state index contributed by atoms with van der Waals surface area (Å²) in [5.74, 6) is -1.57. The molecule has 2 aliphatic rings. The van der Waals surface area contributed by atoms with Gasteiger partial charge in [0.05, 0.1) is 35.9 Å². The summed E-state index contributed by atoms with van der Waals surface area (Å²) in [6.45, 7) is 9.47. The number of benzene rings is 2. The normalized spacial score (nSPS) is 13.8. The molecule has 2 aliphatic heterocycles. The summed E-state index contributed by atoms with van der Waals surface area (Å²) >= 11 is 10.5. The van der Waals surface area contributed by atoms with Crippen molar-refractivity contribution in [3.63, 3.8) is 0 Å². The van der Waals surface area contributed by atoms with E-state index in [2.05, 4.69) is 47.1 Å². The van der Waals surface area contributed by atoms with Gasteiger partial charge in [0.1, 0.15) is 23.0 Å². The van der Waals surface area contributed by atoms with Crippen LogP contribution >= 0.6 is 83.8 Å². The maximum absolute atomic E-state index is 14.1. The first-order chi connectivity index (χ1) is 28.4. The fourth-order valence-electron chi connectivity index (χ4n) is 6.62. The van der Waals surface area contributed by atoms with Gasteiger partial charge in [-0.05, 0) is 180 Å². The Morgan fingerprint density at radius 1 is 0.729 bits per heavy atom. The van der Waals surface area contributed by atoms with E-state index in [1.54, 1.807) is 41.7 Å². The van der Waals surface area contributed by atoms with Crippen molar-refractivity contribution in [2.24, 2.45) is 0 Å².